The zero-order valence-corrected chi connectivity index (χ0v) is 8.79. The van der Waals surface area contributed by atoms with Crippen LogP contribution in [-0.2, 0) is 0 Å². The van der Waals surface area contributed by atoms with E-state index in [0.29, 0.717) is 5.92 Å². The minimum atomic E-state index is -0.164. The van der Waals surface area contributed by atoms with Crippen LogP contribution in [0.1, 0.15) is 46.0 Å². The first-order valence-corrected chi connectivity index (χ1v) is 5.40. The third-order valence-electron chi connectivity index (χ3n) is 3.88. The van der Waals surface area contributed by atoms with Crippen LogP contribution in [0.5, 0.6) is 0 Å². The molecular weight excluding hydrogens is 164 g/mol. The lowest BCUT2D eigenvalue weighted by Crippen LogP contribution is -2.41. The smallest absolute Gasteiger partial charge is 0.0596 e. The molecule has 1 saturated carbocycles. The molecule has 0 aromatic rings. The number of hydrogen-bond acceptors (Lipinski definition) is 2. The zero-order chi connectivity index (χ0) is 9.90. The van der Waals surface area contributed by atoms with Crippen molar-refractivity contribution >= 4 is 0 Å². The van der Waals surface area contributed by atoms with E-state index in [9.17, 15) is 5.11 Å². The van der Waals surface area contributed by atoms with Gasteiger partial charge in [0.15, 0.2) is 0 Å². The van der Waals surface area contributed by atoms with Crippen molar-refractivity contribution in [2.24, 2.45) is 11.3 Å². The van der Waals surface area contributed by atoms with Crippen LogP contribution in [0.3, 0.4) is 0 Å². The molecule has 0 bridgehead atoms. The van der Waals surface area contributed by atoms with Gasteiger partial charge >= 0.3 is 0 Å². The average Bonchev–Trinajstić information content (AvgIpc) is 2.11. The van der Waals surface area contributed by atoms with Crippen LogP contribution in [-0.4, -0.2) is 22.9 Å². The second-order valence-corrected chi connectivity index (χ2v) is 4.68. The summed E-state index contributed by atoms with van der Waals surface area (Å²) in [6.07, 6.45) is 4.91. The molecule has 0 radical (unpaired) electrons. The van der Waals surface area contributed by atoms with E-state index in [2.05, 4.69) is 13.8 Å². The Hall–Kier alpha value is -0.0800. The van der Waals surface area contributed by atoms with Gasteiger partial charge in [0.1, 0.15) is 0 Å². The van der Waals surface area contributed by atoms with Crippen molar-refractivity contribution in [1.29, 1.82) is 0 Å². The summed E-state index contributed by atoms with van der Waals surface area (Å²) in [6.45, 7) is 4.63. The molecule has 0 amide bonds. The molecule has 0 saturated heterocycles. The average molecular weight is 186 g/mol. The fraction of sp³-hybridized carbons (Fsp3) is 1.00. The summed E-state index contributed by atoms with van der Waals surface area (Å²) < 4.78 is 0. The highest BCUT2D eigenvalue weighted by Crippen LogP contribution is 2.44. The normalized spacial score (nSPS) is 40.6. The minimum absolute atomic E-state index is 0.0426. The summed E-state index contributed by atoms with van der Waals surface area (Å²) in [5, 5.41) is 18.7. The second kappa shape index (κ2) is 4.43. The van der Waals surface area contributed by atoms with Gasteiger partial charge in [-0.15, -0.1) is 0 Å². The lowest BCUT2D eigenvalue weighted by molar-refractivity contribution is -0.0447. The first-order chi connectivity index (χ1) is 6.11. The molecule has 13 heavy (non-hydrogen) atoms. The van der Waals surface area contributed by atoms with Crippen LogP contribution in [0.15, 0.2) is 0 Å². The highest BCUT2D eigenvalue weighted by atomic mass is 16.3. The van der Waals surface area contributed by atoms with Crippen molar-refractivity contribution in [2.45, 2.75) is 52.1 Å². The predicted octanol–water partition coefficient (Wildman–Crippen LogP) is 1.95. The van der Waals surface area contributed by atoms with E-state index >= 15 is 0 Å². The van der Waals surface area contributed by atoms with E-state index in [4.69, 9.17) is 5.11 Å². The second-order valence-electron chi connectivity index (χ2n) is 4.68. The molecule has 78 valence electrons. The van der Waals surface area contributed by atoms with Gasteiger partial charge in [-0.1, -0.05) is 26.7 Å². The standard InChI is InChI=1S/C11H22O2/c1-9-5-3-6-10(13)11(9,2)7-4-8-12/h9-10,12-13H,3-8H2,1-2H3/t9-,10?,11+/m1/s1. The van der Waals surface area contributed by atoms with Crippen molar-refractivity contribution in [1.82, 2.24) is 0 Å². The van der Waals surface area contributed by atoms with Crippen LogP contribution in [0.4, 0.5) is 0 Å². The van der Waals surface area contributed by atoms with Crippen LogP contribution in [0, 0.1) is 11.3 Å². The molecule has 0 heterocycles. The van der Waals surface area contributed by atoms with Crippen molar-refractivity contribution < 1.29 is 10.2 Å². The number of aliphatic hydroxyl groups excluding tert-OH is 2. The molecule has 0 aliphatic heterocycles. The minimum Gasteiger partial charge on any atom is -0.396 e. The Labute approximate surface area is 81.0 Å². The predicted molar refractivity (Wildman–Crippen MR) is 53.4 cm³/mol. The van der Waals surface area contributed by atoms with Crippen LogP contribution in [0.2, 0.25) is 0 Å². The Morgan fingerprint density at radius 2 is 2.08 bits per heavy atom. The fourth-order valence-corrected chi connectivity index (χ4v) is 2.48. The van der Waals surface area contributed by atoms with E-state index in [1.165, 1.54) is 6.42 Å². The summed E-state index contributed by atoms with van der Waals surface area (Å²) in [5.74, 6) is 0.586. The summed E-state index contributed by atoms with van der Waals surface area (Å²) in [4.78, 5) is 0. The van der Waals surface area contributed by atoms with Crippen molar-refractivity contribution in [3.05, 3.63) is 0 Å². The van der Waals surface area contributed by atoms with E-state index in [1.807, 2.05) is 0 Å². The van der Waals surface area contributed by atoms with Crippen molar-refractivity contribution in [2.75, 3.05) is 6.61 Å². The first-order valence-electron chi connectivity index (χ1n) is 5.40. The Morgan fingerprint density at radius 3 is 2.62 bits per heavy atom. The highest BCUT2D eigenvalue weighted by Gasteiger charge is 2.39. The maximum Gasteiger partial charge on any atom is 0.0596 e. The van der Waals surface area contributed by atoms with Crippen molar-refractivity contribution in [3.8, 4) is 0 Å². The summed E-state index contributed by atoms with van der Waals surface area (Å²) >= 11 is 0. The van der Waals surface area contributed by atoms with Gasteiger partial charge in [0.2, 0.25) is 0 Å². The Morgan fingerprint density at radius 1 is 1.38 bits per heavy atom. The number of aliphatic hydroxyl groups is 2. The Kier molecular flexibility index (Phi) is 3.74. The van der Waals surface area contributed by atoms with Crippen LogP contribution in [0.25, 0.3) is 0 Å². The molecule has 2 N–H and O–H groups in total. The van der Waals surface area contributed by atoms with Gasteiger partial charge < -0.3 is 10.2 Å². The molecule has 2 nitrogen and oxygen atoms in total. The van der Waals surface area contributed by atoms with Gasteiger partial charge in [0, 0.05) is 6.61 Å². The summed E-state index contributed by atoms with van der Waals surface area (Å²) in [7, 11) is 0. The number of rotatable bonds is 3. The lowest BCUT2D eigenvalue weighted by atomic mass is 9.64. The monoisotopic (exact) mass is 186 g/mol. The van der Waals surface area contributed by atoms with Gasteiger partial charge in [-0.25, -0.2) is 0 Å². The molecule has 1 aliphatic carbocycles. The molecule has 1 rings (SSSR count). The molecule has 1 unspecified atom stereocenters. The Bertz CT molecular complexity index is 146. The van der Waals surface area contributed by atoms with Crippen LogP contribution < -0.4 is 0 Å². The maximum atomic E-state index is 9.94. The van der Waals surface area contributed by atoms with E-state index < -0.39 is 0 Å². The summed E-state index contributed by atoms with van der Waals surface area (Å²) in [5.41, 5.74) is 0.0426. The molecule has 0 aromatic carbocycles. The zero-order valence-electron chi connectivity index (χ0n) is 8.79. The molecule has 2 heteroatoms. The third-order valence-corrected chi connectivity index (χ3v) is 3.88. The fourth-order valence-electron chi connectivity index (χ4n) is 2.48. The highest BCUT2D eigenvalue weighted by molar-refractivity contribution is 4.90. The third kappa shape index (κ3) is 2.23. The molecule has 3 atom stereocenters. The molecule has 1 fully saturated rings. The lowest BCUT2D eigenvalue weighted by Gasteiger charge is -2.44. The van der Waals surface area contributed by atoms with E-state index in [0.717, 1.165) is 25.7 Å². The van der Waals surface area contributed by atoms with Gasteiger partial charge in [0.05, 0.1) is 6.10 Å². The van der Waals surface area contributed by atoms with Gasteiger partial charge in [0.25, 0.3) is 0 Å². The van der Waals surface area contributed by atoms with Crippen LogP contribution >= 0.6 is 0 Å². The topological polar surface area (TPSA) is 40.5 Å². The largest absolute Gasteiger partial charge is 0.396 e. The molecule has 1 aliphatic rings. The SMILES string of the molecule is C[C@@H]1CCCC(O)[C@@]1(C)CCCO. The Balaban J connectivity index is 2.58. The maximum absolute atomic E-state index is 9.94. The van der Waals surface area contributed by atoms with Gasteiger partial charge in [-0.2, -0.15) is 0 Å². The van der Waals surface area contributed by atoms with E-state index in [1.54, 1.807) is 0 Å². The first kappa shape index (κ1) is 11.0. The van der Waals surface area contributed by atoms with Gasteiger partial charge in [-0.05, 0) is 30.6 Å². The summed E-state index contributed by atoms with van der Waals surface area (Å²) in [6, 6.07) is 0. The molecule has 0 aromatic heterocycles. The van der Waals surface area contributed by atoms with E-state index in [-0.39, 0.29) is 18.1 Å². The molecule has 0 spiro atoms. The van der Waals surface area contributed by atoms with Crippen molar-refractivity contribution in [3.63, 3.8) is 0 Å². The van der Waals surface area contributed by atoms with Gasteiger partial charge in [-0.3, -0.25) is 0 Å². The molecular formula is C11H22O2. The number of hydrogen-bond donors (Lipinski definition) is 2. The quantitative estimate of drug-likeness (QED) is 0.707.